The molecule has 0 aromatic heterocycles. The lowest BCUT2D eigenvalue weighted by Gasteiger charge is -2.24. The maximum atomic E-state index is 12.7. The van der Waals surface area contributed by atoms with Crippen molar-refractivity contribution in [2.24, 2.45) is 5.92 Å². The Balaban J connectivity index is 2.31. The van der Waals surface area contributed by atoms with E-state index in [4.69, 9.17) is 14.6 Å². The Kier molecular flexibility index (Phi) is 4.95. The Morgan fingerprint density at radius 1 is 1.32 bits per heavy atom. The molecule has 0 saturated carbocycles. The van der Waals surface area contributed by atoms with Crippen LogP contribution in [-0.2, 0) is 4.79 Å². The third-order valence-electron chi connectivity index (χ3n) is 4.01. The lowest BCUT2D eigenvalue weighted by atomic mass is 10.0. The summed E-state index contributed by atoms with van der Waals surface area (Å²) in [4.78, 5) is 25.4. The van der Waals surface area contributed by atoms with Crippen LogP contribution < -0.4 is 9.47 Å². The Labute approximate surface area is 137 Å². The number of carboxylic acids is 1. The van der Waals surface area contributed by atoms with Crippen LogP contribution in [0, 0.1) is 5.92 Å². The van der Waals surface area contributed by atoms with Gasteiger partial charge in [0.15, 0.2) is 11.5 Å². The molecule has 0 spiro atoms. The van der Waals surface area contributed by atoms with E-state index in [1.165, 1.54) is 14.2 Å². The Morgan fingerprint density at radius 2 is 2.00 bits per heavy atom. The SMILES string of the molecule is COc1cc(C(=O)N2CCC(C(=O)O)C2C)cc(Br)c1OC. The van der Waals surface area contributed by atoms with Crippen LogP contribution in [0.2, 0.25) is 0 Å². The molecule has 1 aromatic rings. The van der Waals surface area contributed by atoms with Crippen molar-refractivity contribution in [3.63, 3.8) is 0 Å². The van der Waals surface area contributed by atoms with E-state index >= 15 is 0 Å². The molecular weight excluding hydrogens is 354 g/mol. The lowest BCUT2D eigenvalue weighted by Crippen LogP contribution is -2.37. The molecule has 7 heteroatoms. The molecule has 0 bridgehead atoms. The molecule has 2 rings (SSSR count). The summed E-state index contributed by atoms with van der Waals surface area (Å²) in [5, 5.41) is 9.17. The van der Waals surface area contributed by atoms with Crippen molar-refractivity contribution in [1.82, 2.24) is 4.90 Å². The van der Waals surface area contributed by atoms with Gasteiger partial charge in [0.25, 0.3) is 5.91 Å². The predicted octanol–water partition coefficient (Wildman–Crippen LogP) is 2.40. The molecule has 1 N–H and O–H groups in total. The molecule has 1 aliphatic heterocycles. The van der Waals surface area contributed by atoms with Crippen LogP contribution in [0.5, 0.6) is 11.5 Å². The molecule has 0 aliphatic carbocycles. The van der Waals surface area contributed by atoms with Crippen molar-refractivity contribution in [2.75, 3.05) is 20.8 Å². The second-order valence-electron chi connectivity index (χ2n) is 5.17. The largest absolute Gasteiger partial charge is 0.493 e. The number of amides is 1. The van der Waals surface area contributed by atoms with E-state index in [9.17, 15) is 9.59 Å². The summed E-state index contributed by atoms with van der Waals surface area (Å²) in [6, 6.07) is 2.92. The zero-order valence-corrected chi connectivity index (χ0v) is 14.2. The van der Waals surface area contributed by atoms with E-state index in [-0.39, 0.29) is 11.9 Å². The molecule has 1 aromatic carbocycles. The number of nitrogens with zero attached hydrogens (tertiary/aromatic N) is 1. The number of rotatable bonds is 4. The van der Waals surface area contributed by atoms with E-state index in [0.717, 1.165) is 0 Å². The third kappa shape index (κ3) is 2.90. The minimum absolute atomic E-state index is 0.210. The number of hydrogen-bond acceptors (Lipinski definition) is 4. The van der Waals surface area contributed by atoms with Gasteiger partial charge in [0.2, 0.25) is 0 Å². The highest BCUT2D eigenvalue weighted by Crippen LogP contribution is 2.37. The lowest BCUT2D eigenvalue weighted by molar-refractivity contribution is -0.142. The van der Waals surface area contributed by atoms with Gasteiger partial charge in [-0.05, 0) is 41.4 Å². The van der Waals surface area contributed by atoms with Crippen LogP contribution in [0.1, 0.15) is 23.7 Å². The van der Waals surface area contributed by atoms with Crippen molar-refractivity contribution in [2.45, 2.75) is 19.4 Å². The van der Waals surface area contributed by atoms with Crippen molar-refractivity contribution >= 4 is 27.8 Å². The first kappa shape index (κ1) is 16.6. The highest BCUT2D eigenvalue weighted by molar-refractivity contribution is 9.10. The predicted molar refractivity (Wildman–Crippen MR) is 83.5 cm³/mol. The summed E-state index contributed by atoms with van der Waals surface area (Å²) in [7, 11) is 3.02. The molecule has 1 heterocycles. The first-order valence-corrected chi connectivity index (χ1v) is 7.65. The zero-order chi connectivity index (χ0) is 16.4. The minimum atomic E-state index is -0.865. The Bertz CT molecular complexity index is 604. The number of benzene rings is 1. The molecular formula is C15H18BrNO5. The average Bonchev–Trinajstić information content (AvgIpc) is 2.87. The minimum Gasteiger partial charge on any atom is -0.493 e. The maximum Gasteiger partial charge on any atom is 0.308 e. The quantitative estimate of drug-likeness (QED) is 0.879. The van der Waals surface area contributed by atoms with Gasteiger partial charge in [0.05, 0.1) is 24.6 Å². The van der Waals surface area contributed by atoms with E-state index in [2.05, 4.69) is 15.9 Å². The van der Waals surface area contributed by atoms with E-state index in [0.29, 0.717) is 34.5 Å². The number of halogens is 1. The van der Waals surface area contributed by atoms with E-state index < -0.39 is 11.9 Å². The van der Waals surface area contributed by atoms with Gasteiger partial charge < -0.3 is 19.5 Å². The molecule has 120 valence electrons. The normalized spacial score (nSPS) is 20.8. The summed E-state index contributed by atoms with van der Waals surface area (Å²) in [6.45, 7) is 2.20. The Hall–Kier alpha value is -1.76. The number of ether oxygens (including phenoxy) is 2. The number of carbonyl (C=O) groups is 2. The van der Waals surface area contributed by atoms with Gasteiger partial charge in [-0.2, -0.15) is 0 Å². The van der Waals surface area contributed by atoms with Crippen LogP contribution in [0.25, 0.3) is 0 Å². The second-order valence-corrected chi connectivity index (χ2v) is 6.02. The van der Waals surface area contributed by atoms with Gasteiger partial charge >= 0.3 is 5.97 Å². The van der Waals surface area contributed by atoms with Gasteiger partial charge in [-0.15, -0.1) is 0 Å². The standard InChI is InChI=1S/C15H18BrNO5/c1-8-10(15(19)20)4-5-17(8)14(18)9-6-11(16)13(22-3)12(7-9)21-2/h6-8,10H,4-5H2,1-3H3,(H,19,20). The number of hydrogen-bond donors (Lipinski definition) is 1. The molecule has 1 amide bonds. The van der Waals surface area contributed by atoms with Crippen LogP contribution in [-0.4, -0.2) is 48.7 Å². The fraction of sp³-hybridized carbons (Fsp3) is 0.467. The molecule has 22 heavy (non-hydrogen) atoms. The maximum absolute atomic E-state index is 12.7. The molecule has 2 atom stereocenters. The average molecular weight is 372 g/mol. The van der Waals surface area contributed by atoms with Crippen LogP contribution in [0.15, 0.2) is 16.6 Å². The van der Waals surface area contributed by atoms with Gasteiger partial charge in [-0.25, -0.2) is 0 Å². The topological polar surface area (TPSA) is 76.1 Å². The number of aliphatic carboxylic acids is 1. The van der Waals surface area contributed by atoms with Crippen molar-refractivity contribution in [3.05, 3.63) is 22.2 Å². The fourth-order valence-corrected chi connectivity index (χ4v) is 3.37. The van der Waals surface area contributed by atoms with Gasteiger partial charge in [0, 0.05) is 18.2 Å². The number of likely N-dealkylation sites (tertiary alicyclic amines) is 1. The first-order chi connectivity index (χ1) is 10.4. The molecule has 1 saturated heterocycles. The van der Waals surface area contributed by atoms with Crippen molar-refractivity contribution < 1.29 is 24.2 Å². The van der Waals surface area contributed by atoms with Gasteiger partial charge in [-0.1, -0.05) is 0 Å². The summed E-state index contributed by atoms with van der Waals surface area (Å²) in [6.07, 6.45) is 0.469. The number of carboxylic acid groups (broad SMARTS) is 1. The summed E-state index contributed by atoms with van der Waals surface area (Å²) < 4.78 is 11.1. The van der Waals surface area contributed by atoms with Crippen LogP contribution in [0.4, 0.5) is 0 Å². The smallest absolute Gasteiger partial charge is 0.308 e. The van der Waals surface area contributed by atoms with Gasteiger partial charge in [-0.3, -0.25) is 9.59 Å². The zero-order valence-electron chi connectivity index (χ0n) is 12.6. The molecule has 1 fully saturated rings. The molecule has 2 unspecified atom stereocenters. The van der Waals surface area contributed by atoms with Crippen molar-refractivity contribution in [1.29, 1.82) is 0 Å². The number of methoxy groups -OCH3 is 2. The van der Waals surface area contributed by atoms with Crippen LogP contribution >= 0.6 is 15.9 Å². The molecule has 1 aliphatic rings. The van der Waals surface area contributed by atoms with Gasteiger partial charge in [0.1, 0.15) is 0 Å². The van der Waals surface area contributed by atoms with E-state index in [1.807, 2.05) is 0 Å². The third-order valence-corrected chi connectivity index (χ3v) is 4.60. The van der Waals surface area contributed by atoms with Crippen LogP contribution in [0.3, 0.4) is 0 Å². The van der Waals surface area contributed by atoms with E-state index in [1.54, 1.807) is 24.0 Å². The summed E-state index contributed by atoms with van der Waals surface area (Å²) in [5.74, 6) is -0.638. The fourth-order valence-electron chi connectivity index (χ4n) is 2.76. The summed E-state index contributed by atoms with van der Waals surface area (Å²) >= 11 is 3.36. The Morgan fingerprint density at radius 3 is 2.50 bits per heavy atom. The second kappa shape index (κ2) is 6.56. The monoisotopic (exact) mass is 371 g/mol. The molecule has 6 nitrogen and oxygen atoms in total. The first-order valence-electron chi connectivity index (χ1n) is 6.86. The highest BCUT2D eigenvalue weighted by atomic mass is 79.9. The molecule has 0 radical (unpaired) electrons. The highest BCUT2D eigenvalue weighted by Gasteiger charge is 2.38. The van der Waals surface area contributed by atoms with Crippen molar-refractivity contribution in [3.8, 4) is 11.5 Å². The number of carbonyl (C=O) groups excluding carboxylic acids is 1. The summed E-state index contributed by atoms with van der Waals surface area (Å²) in [5.41, 5.74) is 0.433.